The van der Waals surface area contributed by atoms with E-state index in [-0.39, 0.29) is 16.4 Å². The molecule has 1 amide bonds. The molecule has 1 heterocycles. The lowest BCUT2D eigenvalue weighted by atomic mass is 10.1. The molecule has 0 aliphatic carbocycles. The van der Waals surface area contributed by atoms with Crippen molar-refractivity contribution in [3.63, 3.8) is 0 Å². The van der Waals surface area contributed by atoms with Crippen LogP contribution in [0.2, 0.25) is 0 Å². The van der Waals surface area contributed by atoms with E-state index in [2.05, 4.69) is 20.8 Å². The van der Waals surface area contributed by atoms with Crippen LogP contribution in [-0.2, 0) is 13.2 Å². The molecule has 6 nitrogen and oxygen atoms in total. The van der Waals surface area contributed by atoms with Crippen LogP contribution in [0.4, 0.5) is 19.1 Å². The van der Waals surface area contributed by atoms with E-state index < -0.39 is 17.6 Å². The summed E-state index contributed by atoms with van der Waals surface area (Å²) in [5, 5.41) is 13.2. The maximum absolute atomic E-state index is 13.3. The van der Waals surface area contributed by atoms with Gasteiger partial charge in [-0.05, 0) is 34.1 Å². The minimum Gasteiger partial charge on any atom is -0.289 e. The number of hydrogen-bond donors (Lipinski definition) is 1. The third kappa shape index (κ3) is 4.46. The van der Waals surface area contributed by atoms with Gasteiger partial charge in [0.2, 0.25) is 5.95 Å². The lowest BCUT2D eigenvalue weighted by Crippen LogP contribution is -2.18. The van der Waals surface area contributed by atoms with Crippen molar-refractivity contribution in [1.82, 2.24) is 20.2 Å². The van der Waals surface area contributed by atoms with Gasteiger partial charge in [0, 0.05) is 16.8 Å². The standard InChI is InChI=1S/C14H16F3N5OS2/c1-4-24-10-8(12(23)18-13-19-20-21-22(13)3)6-7-9(14(15,16)17)11(10)25-5-2/h6-7H,4-5H2,1-3H3,(H,18,19,21,23). The van der Waals surface area contributed by atoms with Crippen LogP contribution in [0.3, 0.4) is 0 Å². The number of aromatic nitrogens is 4. The Bertz CT molecular complexity index is 763. The highest BCUT2D eigenvalue weighted by molar-refractivity contribution is 8.02. The summed E-state index contributed by atoms with van der Waals surface area (Å²) in [7, 11) is 1.54. The molecule has 136 valence electrons. The number of amides is 1. The normalized spacial score (nSPS) is 11.6. The van der Waals surface area contributed by atoms with E-state index in [1.54, 1.807) is 14.0 Å². The number of anilines is 1. The first kappa shape index (κ1) is 19.6. The molecule has 0 aliphatic heterocycles. The van der Waals surface area contributed by atoms with Gasteiger partial charge in [-0.2, -0.15) is 13.2 Å². The number of aryl methyl sites for hydroxylation is 1. The third-order valence-electron chi connectivity index (χ3n) is 3.08. The monoisotopic (exact) mass is 391 g/mol. The molecule has 1 aromatic heterocycles. The van der Waals surface area contributed by atoms with Crippen LogP contribution >= 0.6 is 23.5 Å². The largest absolute Gasteiger partial charge is 0.417 e. The van der Waals surface area contributed by atoms with Crippen LogP contribution in [0.15, 0.2) is 21.9 Å². The van der Waals surface area contributed by atoms with Crippen molar-refractivity contribution in [1.29, 1.82) is 0 Å². The molecule has 2 aromatic rings. The number of rotatable bonds is 6. The molecule has 11 heteroatoms. The van der Waals surface area contributed by atoms with Crippen LogP contribution in [0.5, 0.6) is 0 Å². The van der Waals surface area contributed by atoms with E-state index in [1.807, 2.05) is 6.92 Å². The zero-order valence-corrected chi connectivity index (χ0v) is 15.3. The van der Waals surface area contributed by atoms with E-state index in [0.717, 1.165) is 17.8 Å². The van der Waals surface area contributed by atoms with Gasteiger partial charge >= 0.3 is 6.18 Å². The first-order chi connectivity index (χ1) is 11.8. The van der Waals surface area contributed by atoms with Crippen molar-refractivity contribution in [3.05, 3.63) is 23.3 Å². The summed E-state index contributed by atoms with van der Waals surface area (Å²) < 4.78 is 41.2. The number of halogens is 3. The average molecular weight is 391 g/mol. The van der Waals surface area contributed by atoms with Gasteiger partial charge < -0.3 is 0 Å². The number of carbonyl (C=O) groups is 1. The third-order valence-corrected chi connectivity index (χ3v) is 5.22. The molecule has 0 saturated heterocycles. The van der Waals surface area contributed by atoms with Gasteiger partial charge in [0.1, 0.15) is 0 Å². The Kier molecular flexibility index (Phi) is 6.33. The summed E-state index contributed by atoms with van der Waals surface area (Å²) in [4.78, 5) is 12.9. The quantitative estimate of drug-likeness (QED) is 0.757. The summed E-state index contributed by atoms with van der Waals surface area (Å²) >= 11 is 2.28. The zero-order valence-electron chi connectivity index (χ0n) is 13.7. The number of nitrogens with zero attached hydrogens (tertiary/aromatic N) is 4. The van der Waals surface area contributed by atoms with Crippen molar-refractivity contribution in [2.75, 3.05) is 16.8 Å². The predicted octanol–water partition coefficient (Wildman–Crippen LogP) is 3.71. The fraction of sp³-hybridized carbons (Fsp3) is 0.429. The van der Waals surface area contributed by atoms with Crippen molar-refractivity contribution in [2.24, 2.45) is 7.05 Å². The Labute approximate surface area is 150 Å². The highest BCUT2D eigenvalue weighted by atomic mass is 32.2. The van der Waals surface area contributed by atoms with Crippen LogP contribution in [-0.4, -0.2) is 37.6 Å². The Morgan fingerprint density at radius 3 is 2.36 bits per heavy atom. The number of carbonyl (C=O) groups excluding carboxylic acids is 1. The number of hydrogen-bond acceptors (Lipinski definition) is 6. The van der Waals surface area contributed by atoms with Crippen molar-refractivity contribution in [3.8, 4) is 0 Å². The molecule has 0 unspecified atom stereocenters. The van der Waals surface area contributed by atoms with Gasteiger partial charge in [0.25, 0.3) is 5.91 Å². The number of benzene rings is 1. The van der Waals surface area contributed by atoms with Gasteiger partial charge in [0.15, 0.2) is 0 Å². The molecule has 2 rings (SSSR count). The highest BCUT2D eigenvalue weighted by Gasteiger charge is 2.36. The smallest absolute Gasteiger partial charge is 0.289 e. The van der Waals surface area contributed by atoms with Crippen LogP contribution in [0.25, 0.3) is 0 Å². The number of thioether (sulfide) groups is 2. The first-order valence-electron chi connectivity index (χ1n) is 7.33. The van der Waals surface area contributed by atoms with Gasteiger partial charge in [-0.25, -0.2) is 4.68 Å². The van der Waals surface area contributed by atoms with Gasteiger partial charge in [0.05, 0.1) is 11.1 Å². The van der Waals surface area contributed by atoms with Gasteiger partial charge in [-0.3, -0.25) is 10.1 Å². The van der Waals surface area contributed by atoms with Crippen molar-refractivity contribution < 1.29 is 18.0 Å². The SMILES string of the molecule is CCSc1c(C(=O)Nc2nnnn2C)ccc(C(F)(F)F)c1SCC. The highest BCUT2D eigenvalue weighted by Crippen LogP contribution is 2.43. The summed E-state index contributed by atoms with van der Waals surface area (Å²) in [6.45, 7) is 3.59. The fourth-order valence-corrected chi connectivity index (χ4v) is 4.11. The first-order valence-corrected chi connectivity index (χ1v) is 9.30. The second-order valence-electron chi connectivity index (χ2n) is 4.76. The molecular formula is C14H16F3N5OS2. The molecule has 1 aromatic carbocycles. The van der Waals surface area contributed by atoms with Crippen LogP contribution < -0.4 is 5.32 Å². The summed E-state index contributed by atoms with van der Waals surface area (Å²) in [5.74, 6) is 0.547. The lowest BCUT2D eigenvalue weighted by molar-refractivity contribution is -0.140. The van der Waals surface area contributed by atoms with E-state index in [0.29, 0.717) is 16.4 Å². The van der Waals surface area contributed by atoms with Crippen molar-refractivity contribution in [2.45, 2.75) is 29.8 Å². The predicted molar refractivity (Wildman–Crippen MR) is 91.0 cm³/mol. The van der Waals surface area contributed by atoms with E-state index in [4.69, 9.17) is 0 Å². The molecule has 0 bridgehead atoms. The zero-order chi connectivity index (χ0) is 18.6. The van der Waals surface area contributed by atoms with Gasteiger partial charge in [-0.1, -0.05) is 18.9 Å². The number of tetrazole rings is 1. The number of nitrogens with one attached hydrogen (secondary N) is 1. The fourth-order valence-electron chi connectivity index (χ4n) is 2.04. The number of alkyl halides is 3. The van der Waals surface area contributed by atoms with Crippen LogP contribution in [0, 0.1) is 0 Å². The Morgan fingerprint density at radius 1 is 1.20 bits per heavy atom. The Balaban J connectivity index is 2.51. The van der Waals surface area contributed by atoms with E-state index in [1.165, 1.54) is 22.5 Å². The Hall–Kier alpha value is -1.75. The molecule has 25 heavy (non-hydrogen) atoms. The second-order valence-corrected chi connectivity index (χ2v) is 7.31. The average Bonchev–Trinajstić information content (AvgIpc) is 2.93. The Morgan fingerprint density at radius 2 is 1.84 bits per heavy atom. The molecule has 0 spiro atoms. The maximum Gasteiger partial charge on any atom is 0.417 e. The molecule has 0 fully saturated rings. The summed E-state index contributed by atoms with van der Waals surface area (Å²) in [5.41, 5.74) is -0.564. The minimum atomic E-state index is -4.48. The molecular weight excluding hydrogens is 375 g/mol. The second kappa shape index (κ2) is 8.09. The molecule has 1 N–H and O–H groups in total. The van der Waals surface area contributed by atoms with E-state index in [9.17, 15) is 18.0 Å². The summed E-state index contributed by atoms with van der Waals surface area (Å²) in [6.07, 6.45) is -4.48. The lowest BCUT2D eigenvalue weighted by Gasteiger charge is -2.18. The molecule has 0 saturated carbocycles. The van der Waals surface area contributed by atoms with E-state index >= 15 is 0 Å². The maximum atomic E-state index is 13.3. The van der Waals surface area contributed by atoms with Crippen LogP contribution in [0.1, 0.15) is 29.8 Å². The topological polar surface area (TPSA) is 72.7 Å². The molecule has 0 radical (unpaired) electrons. The minimum absolute atomic E-state index is 0.0746. The van der Waals surface area contributed by atoms with Crippen molar-refractivity contribution >= 4 is 35.4 Å². The molecule has 0 atom stereocenters. The summed E-state index contributed by atoms with van der Waals surface area (Å²) in [6, 6.07) is 2.14. The molecule has 0 aliphatic rings. The van der Waals surface area contributed by atoms with Gasteiger partial charge in [-0.15, -0.1) is 23.5 Å².